The van der Waals surface area contributed by atoms with Gasteiger partial charge >= 0.3 is 0 Å². The highest BCUT2D eigenvalue weighted by Gasteiger charge is 2.13. The molecule has 5 rings (SSSR count). The summed E-state index contributed by atoms with van der Waals surface area (Å²) >= 11 is 0. The lowest BCUT2D eigenvalue weighted by Crippen LogP contribution is -2.12. The van der Waals surface area contributed by atoms with E-state index >= 15 is 0 Å². The van der Waals surface area contributed by atoms with Crippen molar-refractivity contribution in [1.29, 1.82) is 0 Å². The van der Waals surface area contributed by atoms with Gasteiger partial charge < -0.3 is 19.2 Å². The van der Waals surface area contributed by atoms with Crippen molar-refractivity contribution < 1.29 is 14.3 Å². The van der Waals surface area contributed by atoms with Gasteiger partial charge in [0.2, 0.25) is 12.7 Å². The summed E-state index contributed by atoms with van der Waals surface area (Å²) in [6.45, 7) is 0.254. The molecular formula is C23H19N3O3. The number of aromatic nitrogens is 2. The predicted octanol–water partition coefficient (Wildman–Crippen LogP) is 4.30. The van der Waals surface area contributed by atoms with Gasteiger partial charge in [0.15, 0.2) is 11.5 Å². The number of imidazole rings is 1. The Morgan fingerprint density at radius 2 is 1.90 bits per heavy atom. The molecule has 1 aliphatic heterocycles. The monoisotopic (exact) mass is 385 g/mol. The fourth-order valence-electron chi connectivity index (χ4n) is 3.38. The summed E-state index contributed by atoms with van der Waals surface area (Å²) in [5.74, 6) is 1.47. The van der Waals surface area contributed by atoms with Crippen LogP contribution in [-0.4, -0.2) is 22.1 Å². The Labute approximate surface area is 167 Å². The van der Waals surface area contributed by atoms with Crippen molar-refractivity contribution in [3.05, 3.63) is 78.6 Å². The molecule has 29 heavy (non-hydrogen) atoms. The number of carbonyl (C=O) groups excluding carboxylic acids is 1. The van der Waals surface area contributed by atoms with Crippen LogP contribution in [0.1, 0.15) is 12.0 Å². The van der Waals surface area contributed by atoms with Crippen LogP contribution in [0.4, 0.5) is 5.69 Å². The standard InChI is InChI=1S/C23H19N3O3/c27-23(11-5-16-4-10-20-21(13-16)29-15-28-20)24-18-8-6-17(7-9-18)19-14-26-12-2-1-3-22(26)25-19/h1-4,6-10,12-14H,5,11,15H2,(H,24,27). The van der Waals surface area contributed by atoms with Crippen molar-refractivity contribution in [2.24, 2.45) is 0 Å². The van der Waals surface area contributed by atoms with Crippen LogP contribution in [0.5, 0.6) is 11.5 Å². The van der Waals surface area contributed by atoms with E-state index in [2.05, 4.69) is 10.3 Å². The van der Waals surface area contributed by atoms with Crippen LogP contribution in [0.25, 0.3) is 16.9 Å². The van der Waals surface area contributed by atoms with E-state index < -0.39 is 0 Å². The Hall–Kier alpha value is -3.80. The number of pyridine rings is 1. The molecule has 1 aliphatic rings. The van der Waals surface area contributed by atoms with E-state index in [9.17, 15) is 4.79 Å². The molecule has 0 spiro atoms. The third-order valence-corrected chi connectivity index (χ3v) is 4.91. The van der Waals surface area contributed by atoms with E-state index in [4.69, 9.17) is 9.47 Å². The summed E-state index contributed by atoms with van der Waals surface area (Å²) in [6.07, 6.45) is 5.00. The Morgan fingerprint density at radius 1 is 1.03 bits per heavy atom. The maximum atomic E-state index is 12.3. The van der Waals surface area contributed by atoms with Gasteiger partial charge in [-0.1, -0.05) is 24.3 Å². The molecule has 1 amide bonds. The van der Waals surface area contributed by atoms with Crippen molar-refractivity contribution in [3.63, 3.8) is 0 Å². The first-order valence-corrected chi connectivity index (χ1v) is 9.47. The van der Waals surface area contributed by atoms with Gasteiger partial charge in [0.05, 0.1) is 5.69 Å². The normalized spacial score (nSPS) is 12.3. The lowest BCUT2D eigenvalue weighted by Gasteiger charge is -2.07. The van der Waals surface area contributed by atoms with E-state index in [1.54, 1.807) is 0 Å². The maximum absolute atomic E-state index is 12.3. The van der Waals surface area contributed by atoms with Gasteiger partial charge in [0.25, 0.3) is 0 Å². The molecule has 6 heteroatoms. The van der Waals surface area contributed by atoms with Crippen molar-refractivity contribution in [3.8, 4) is 22.8 Å². The summed E-state index contributed by atoms with van der Waals surface area (Å²) in [5, 5.41) is 2.95. The molecule has 0 saturated carbocycles. The second kappa shape index (κ2) is 7.31. The number of benzene rings is 2. The molecular weight excluding hydrogens is 366 g/mol. The summed E-state index contributed by atoms with van der Waals surface area (Å²) in [4.78, 5) is 16.9. The third-order valence-electron chi connectivity index (χ3n) is 4.91. The van der Waals surface area contributed by atoms with Crippen LogP contribution in [0.15, 0.2) is 73.1 Å². The summed E-state index contributed by atoms with van der Waals surface area (Å²) in [6, 6.07) is 19.4. The highest BCUT2D eigenvalue weighted by molar-refractivity contribution is 5.91. The average molecular weight is 385 g/mol. The highest BCUT2D eigenvalue weighted by Crippen LogP contribution is 2.32. The topological polar surface area (TPSA) is 64.9 Å². The number of ether oxygens (including phenoxy) is 2. The van der Waals surface area contributed by atoms with Gasteiger partial charge in [-0.25, -0.2) is 4.98 Å². The van der Waals surface area contributed by atoms with E-state index in [1.165, 1.54) is 0 Å². The smallest absolute Gasteiger partial charge is 0.231 e. The fraction of sp³-hybridized carbons (Fsp3) is 0.130. The number of nitrogens with zero attached hydrogens (tertiary/aromatic N) is 2. The number of aryl methyl sites for hydroxylation is 1. The predicted molar refractivity (Wildman–Crippen MR) is 110 cm³/mol. The molecule has 1 N–H and O–H groups in total. The Kier molecular flexibility index (Phi) is 4.37. The minimum atomic E-state index is -0.0249. The fourth-order valence-corrected chi connectivity index (χ4v) is 3.38. The molecule has 4 aromatic rings. The van der Waals surface area contributed by atoms with Gasteiger partial charge in [-0.3, -0.25) is 4.79 Å². The second-order valence-corrected chi connectivity index (χ2v) is 6.91. The number of rotatable bonds is 5. The number of carbonyl (C=O) groups is 1. The van der Waals surface area contributed by atoms with Crippen molar-refractivity contribution in [2.45, 2.75) is 12.8 Å². The van der Waals surface area contributed by atoms with Crippen molar-refractivity contribution in [1.82, 2.24) is 9.38 Å². The largest absolute Gasteiger partial charge is 0.454 e. The Balaban J connectivity index is 1.21. The molecule has 0 fully saturated rings. The second-order valence-electron chi connectivity index (χ2n) is 6.91. The van der Waals surface area contributed by atoms with Gasteiger partial charge in [-0.05, 0) is 48.4 Å². The van der Waals surface area contributed by atoms with Crippen LogP contribution in [0, 0.1) is 0 Å². The number of amides is 1. The average Bonchev–Trinajstić information content (AvgIpc) is 3.39. The summed E-state index contributed by atoms with van der Waals surface area (Å²) in [7, 11) is 0. The molecule has 0 saturated heterocycles. The zero-order chi connectivity index (χ0) is 19.6. The van der Waals surface area contributed by atoms with Crippen molar-refractivity contribution in [2.75, 3.05) is 12.1 Å². The maximum Gasteiger partial charge on any atom is 0.231 e. The van der Waals surface area contributed by atoms with Crippen LogP contribution in [0.3, 0.4) is 0 Å². The number of nitrogens with one attached hydrogen (secondary N) is 1. The number of hydrogen-bond acceptors (Lipinski definition) is 4. The Bertz CT molecular complexity index is 1150. The number of hydrogen-bond donors (Lipinski definition) is 1. The number of anilines is 1. The zero-order valence-corrected chi connectivity index (χ0v) is 15.7. The van der Waals surface area contributed by atoms with Gasteiger partial charge in [0.1, 0.15) is 5.65 Å². The molecule has 0 unspecified atom stereocenters. The highest BCUT2D eigenvalue weighted by atomic mass is 16.7. The van der Waals surface area contributed by atoms with E-state index in [0.29, 0.717) is 12.8 Å². The minimum absolute atomic E-state index is 0.0249. The molecule has 6 nitrogen and oxygen atoms in total. The molecule has 0 atom stereocenters. The van der Waals surface area contributed by atoms with Crippen molar-refractivity contribution >= 4 is 17.2 Å². The molecule has 0 bridgehead atoms. The first kappa shape index (κ1) is 17.3. The van der Waals surface area contributed by atoms with E-state index in [1.807, 2.05) is 77.5 Å². The van der Waals surface area contributed by atoms with E-state index in [0.717, 1.165) is 39.7 Å². The molecule has 2 aromatic carbocycles. The number of fused-ring (bicyclic) bond motifs is 2. The van der Waals surface area contributed by atoms with E-state index in [-0.39, 0.29) is 12.7 Å². The third kappa shape index (κ3) is 3.65. The SMILES string of the molecule is O=C(CCc1ccc2c(c1)OCO2)Nc1ccc(-c2cn3ccccc3n2)cc1. The summed E-state index contributed by atoms with van der Waals surface area (Å²) < 4.78 is 12.7. The van der Waals surface area contributed by atoms with Gasteiger partial charge in [0, 0.05) is 30.1 Å². The van der Waals surface area contributed by atoms with Gasteiger partial charge in [-0.15, -0.1) is 0 Å². The zero-order valence-electron chi connectivity index (χ0n) is 15.7. The molecule has 144 valence electrons. The first-order chi connectivity index (χ1) is 14.2. The molecule has 0 aliphatic carbocycles. The van der Waals surface area contributed by atoms with Crippen LogP contribution >= 0.6 is 0 Å². The minimum Gasteiger partial charge on any atom is -0.454 e. The molecule has 3 heterocycles. The van der Waals surface area contributed by atoms with Crippen LogP contribution in [0.2, 0.25) is 0 Å². The Morgan fingerprint density at radius 3 is 2.76 bits per heavy atom. The quantitative estimate of drug-likeness (QED) is 0.556. The van der Waals surface area contributed by atoms with Gasteiger partial charge in [-0.2, -0.15) is 0 Å². The summed E-state index contributed by atoms with van der Waals surface area (Å²) in [5.41, 5.74) is 4.63. The molecule has 0 radical (unpaired) electrons. The lowest BCUT2D eigenvalue weighted by atomic mass is 10.1. The first-order valence-electron chi connectivity index (χ1n) is 9.47. The van der Waals surface area contributed by atoms with Crippen LogP contribution < -0.4 is 14.8 Å². The molecule has 2 aromatic heterocycles. The van der Waals surface area contributed by atoms with Crippen LogP contribution in [-0.2, 0) is 11.2 Å². The lowest BCUT2D eigenvalue weighted by molar-refractivity contribution is -0.116.